The maximum Gasteiger partial charge on any atom is 0.228 e. The minimum absolute atomic E-state index is 0. The van der Waals surface area contributed by atoms with E-state index in [1.807, 2.05) is 13.8 Å². The van der Waals surface area contributed by atoms with Gasteiger partial charge in [-0.05, 0) is 30.2 Å². The number of nitrogens with one attached hydrogen (secondary N) is 2. The second-order valence-electron chi connectivity index (χ2n) is 5.86. The zero-order valence-electron chi connectivity index (χ0n) is 15.1. The Balaban J connectivity index is 0.00000338. The van der Waals surface area contributed by atoms with Crippen LogP contribution >= 0.6 is 24.0 Å². The van der Waals surface area contributed by atoms with Gasteiger partial charge in [0.1, 0.15) is 11.6 Å². The van der Waals surface area contributed by atoms with Gasteiger partial charge in [0.2, 0.25) is 5.89 Å². The highest BCUT2D eigenvalue weighted by atomic mass is 127. The molecule has 0 spiro atoms. The van der Waals surface area contributed by atoms with Gasteiger partial charge in [-0.1, -0.05) is 19.0 Å². The summed E-state index contributed by atoms with van der Waals surface area (Å²) in [6, 6.07) is 3.44. The smallest absolute Gasteiger partial charge is 0.228 e. The van der Waals surface area contributed by atoms with Crippen LogP contribution in [0.2, 0.25) is 0 Å². The molecular formula is C17H24F2IN5O. The SMILES string of the molecule is CN=C(NCCc1nc(C(C)C)no1)NCCc1cc(F)ccc1F.I. The first-order valence-electron chi connectivity index (χ1n) is 8.20. The first-order chi connectivity index (χ1) is 12.0. The second-order valence-corrected chi connectivity index (χ2v) is 5.86. The van der Waals surface area contributed by atoms with Gasteiger partial charge < -0.3 is 15.2 Å². The first-order valence-corrected chi connectivity index (χ1v) is 8.20. The van der Waals surface area contributed by atoms with E-state index in [9.17, 15) is 8.78 Å². The van der Waals surface area contributed by atoms with Crippen LogP contribution in [0.25, 0.3) is 0 Å². The van der Waals surface area contributed by atoms with Crippen LogP contribution in [0.3, 0.4) is 0 Å². The van der Waals surface area contributed by atoms with Gasteiger partial charge in [-0.25, -0.2) is 8.78 Å². The summed E-state index contributed by atoms with van der Waals surface area (Å²) in [5, 5.41) is 10.1. The number of nitrogens with zero attached hydrogens (tertiary/aromatic N) is 3. The van der Waals surface area contributed by atoms with Crippen molar-refractivity contribution in [1.82, 2.24) is 20.8 Å². The van der Waals surface area contributed by atoms with E-state index in [2.05, 4.69) is 25.8 Å². The van der Waals surface area contributed by atoms with Crippen LogP contribution in [0.5, 0.6) is 0 Å². The Hall–Kier alpha value is -1.78. The van der Waals surface area contributed by atoms with E-state index in [-0.39, 0.29) is 29.9 Å². The molecule has 0 fully saturated rings. The Morgan fingerprint density at radius 3 is 2.50 bits per heavy atom. The normalized spacial score (nSPS) is 11.4. The van der Waals surface area contributed by atoms with Gasteiger partial charge in [0.25, 0.3) is 0 Å². The molecule has 144 valence electrons. The average Bonchev–Trinajstić information content (AvgIpc) is 3.05. The van der Waals surface area contributed by atoms with Crippen LogP contribution in [0.4, 0.5) is 8.78 Å². The minimum Gasteiger partial charge on any atom is -0.356 e. The molecule has 1 heterocycles. The molecule has 0 radical (unpaired) electrons. The molecular weight excluding hydrogens is 455 g/mol. The number of hydrogen-bond acceptors (Lipinski definition) is 4. The number of rotatable bonds is 7. The van der Waals surface area contributed by atoms with E-state index in [1.165, 1.54) is 6.07 Å². The third kappa shape index (κ3) is 6.85. The van der Waals surface area contributed by atoms with Crippen molar-refractivity contribution in [1.29, 1.82) is 0 Å². The van der Waals surface area contributed by atoms with E-state index in [4.69, 9.17) is 4.52 Å². The maximum absolute atomic E-state index is 13.6. The van der Waals surface area contributed by atoms with Crippen molar-refractivity contribution in [2.45, 2.75) is 32.6 Å². The van der Waals surface area contributed by atoms with Gasteiger partial charge in [-0.15, -0.1) is 24.0 Å². The zero-order chi connectivity index (χ0) is 18.2. The number of guanidine groups is 1. The fourth-order valence-electron chi connectivity index (χ4n) is 2.16. The summed E-state index contributed by atoms with van der Waals surface area (Å²) in [4.78, 5) is 8.38. The summed E-state index contributed by atoms with van der Waals surface area (Å²) >= 11 is 0. The lowest BCUT2D eigenvalue weighted by Gasteiger charge is -2.11. The van der Waals surface area contributed by atoms with Gasteiger partial charge in [-0.3, -0.25) is 4.99 Å². The Morgan fingerprint density at radius 1 is 1.19 bits per heavy atom. The van der Waals surface area contributed by atoms with Crippen molar-refractivity contribution in [2.75, 3.05) is 20.1 Å². The highest BCUT2D eigenvalue weighted by molar-refractivity contribution is 14.0. The van der Waals surface area contributed by atoms with Crippen LogP contribution in [-0.2, 0) is 12.8 Å². The monoisotopic (exact) mass is 479 g/mol. The second kappa shape index (κ2) is 11.0. The number of aromatic nitrogens is 2. The van der Waals surface area contributed by atoms with Crippen molar-refractivity contribution in [3.8, 4) is 0 Å². The molecule has 0 saturated heterocycles. The fraction of sp³-hybridized carbons (Fsp3) is 0.471. The predicted octanol–water partition coefficient (Wildman–Crippen LogP) is 3.04. The van der Waals surface area contributed by atoms with Gasteiger partial charge in [0.15, 0.2) is 11.8 Å². The lowest BCUT2D eigenvalue weighted by Crippen LogP contribution is -2.39. The van der Waals surface area contributed by atoms with Crippen molar-refractivity contribution >= 4 is 29.9 Å². The molecule has 2 N–H and O–H groups in total. The molecule has 0 amide bonds. The van der Waals surface area contributed by atoms with Gasteiger partial charge in [0.05, 0.1) is 0 Å². The van der Waals surface area contributed by atoms with E-state index >= 15 is 0 Å². The molecule has 0 aliphatic carbocycles. The molecule has 0 bridgehead atoms. The van der Waals surface area contributed by atoms with Crippen LogP contribution in [0.1, 0.15) is 37.0 Å². The molecule has 2 aromatic rings. The van der Waals surface area contributed by atoms with Crippen molar-refractivity contribution in [2.24, 2.45) is 4.99 Å². The lowest BCUT2D eigenvalue weighted by atomic mass is 10.1. The average molecular weight is 479 g/mol. The highest BCUT2D eigenvalue weighted by Crippen LogP contribution is 2.10. The standard InChI is InChI=1S/C17H23F2N5O.HI/c1-11(2)16-23-15(25-24-16)7-9-22-17(20-3)21-8-6-12-10-13(18)4-5-14(12)19;/h4-5,10-11H,6-9H2,1-3H3,(H2,20,21,22);1H. The Kier molecular flexibility index (Phi) is 9.46. The minimum atomic E-state index is -0.445. The zero-order valence-corrected chi connectivity index (χ0v) is 17.4. The van der Waals surface area contributed by atoms with Crippen LogP contribution < -0.4 is 10.6 Å². The van der Waals surface area contributed by atoms with E-state index < -0.39 is 11.6 Å². The number of benzene rings is 1. The first kappa shape index (κ1) is 22.3. The summed E-state index contributed by atoms with van der Waals surface area (Å²) in [7, 11) is 1.64. The summed E-state index contributed by atoms with van der Waals surface area (Å²) < 4.78 is 31.9. The number of halogens is 3. The topological polar surface area (TPSA) is 75.3 Å². The Labute approximate surface area is 168 Å². The molecule has 1 aromatic heterocycles. The van der Waals surface area contributed by atoms with Crippen LogP contribution in [0, 0.1) is 11.6 Å². The Bertz CT molecular complexity index is 721. The molecule has 2 rings (SSSR count). The molecule has 26 heavy (non-hydrogen) atoms. The van der Waals surface area contributed by atoms with Gasteiger partial charge in [-0.2, -0.15) is 4.98 Å². The summed E-state index contributed by atoms with van der Waals surface area (Å²) in [5.74, 6) is 1.19. The van der Waals surface area contributed by atoms with Crippen LogP contribution in [0.15, 0.2) is 27.7 Å². The highest BCUT2D eigenvalue weighted by Gasteiger charge is 2.09. The predicted molar refractivity (Wildman–Crippen MR) is 107 cm³/mol. The molecule has 0 atom stereocenters. The lowest BCUT2D eigenvalue weighted by molar-refractivity contribution is 0.371. The molecule has 1 aromatic carbocycles. The number of aliphatic imine (C=N–C) groups is 1. The summed E-state index contributed by atoms with van der Waals surface area (Å²) in [6.07, 6.45) is 0.921. The van der Waals surface area contributed by atoms with Gasteiger partial charge in [0, 0.05) is 32.5 Å². The largest absolute Gasteiger partial charge is 0.356 e. The number of hydrogen-bond donors (Lipinski definition) is 2. The van der Waals surface area contributed by atoms with Crippen molar-refractivity contribution in [3.63, 3.8) is 0 Å². The third-order valence-electron chi connectivity index (χ3n) is 3.55. The third-order valence-corrected chi connectivity index (χ3v) is 3.55. The molecule has 0 aliphatic rings. The van der Waals surface area contributed by atoms with E-state index in [1.54, 1.807) is 7.05 Å². The fourth-order valence-corrected chi connectivity index (χ4v) is 2.16. The quantitative estimate of drug-likeness (QED) is 0.363. The molecule has 9 heteroatoms. The van der Waals surface area contributed by atoms with Crippen molar-refractivity contribution in [3.05, 3.63) is 47.1 Å². The van der Waals surface area contributed by atoms with Gasteiger partial charge >= 0.3 is 0 Å². The Morgan fingerprint density at radius 2 is 1.88 bits per heavy atom. The summed E-state index contributed by atoms with van der Waals surface area (Å²) in [6.45, 7) is 4.99. The van der Waals surface area contributed by atoms with Crippen LogP contribution in [-0.4, -0.2) is 36.2 Å². The van der Waals surface area contributed by atoms with E-state index in [0.29, 0.717) is 49.2 Å². The maximum atomic E-state index is 13.6. The summed E-state index contributed by atoms with van der Waals surface area (Å²) in [5.41, 5.74) is 0.329. The van der Waals surface area contributed by atoms with Crippen molar-refractivity contribution < 1.29 is 13.3 Å². The molecule has 0 unspecified atom stereocenters. The molecule has 0 aliphatic heterocycles. The molecule has 6 nitrogen and oxygen atoms in total. The van der Waals surface area contributed by atoms with E-state index in [0.717, 1.165) is 12.1 Å². The molecule has 0 saturated carbocycles.